The van der Waals surface area contributed by atoms with Gasteiger partial charge in [0.1, 0.15) is 11.6 Å². The summed E-state index contributed by atoms with van der Waals surface area (Å²) in [7, 11) is 0. The topological polar surface area (TPSA) is 47.3 Å². The van der Waals surface area contributed by atoms with E-state index in [0.717, 1.165) is 23.5 Å². The van der Waals surface area contributed by atoms with Crippen LogP contribution in [0.1, 0.15) is 5.56 Å². The number of piperazine rings is 1. The molecule has 5 heteroatoms. The molecule has 0 saturated carbocycles. The molecule has 0 aromatic heterocycles. The van der Waals surface area contributed by atoms with Crippen LogP contribution in [-0.2, 0) is 4.79 Å². The van der Waals surface area contributed by atoms with Crippen molar-refractivity contribution < 1.29 is 4.79 Å². The van der Waals surface area contributed by atoms with Gasteiger partial charge in [-0.05, 0) is 42.2 Å². The van der Waals surface area contributed by atoms with Crippen LogP contribution in [0.2, 0.25) is 0 Å². The number of thioether (sulfide) groups is 1. The number of hydrogen-bond donors (Lipinski definition) is 0. The minimum absolute atomic E-state index is 0.186. The Labute approximate surface area is 158 Å². The Morgan fingerprint density at radius 3 is 2.27 bits per heavy atom. The predicted octanol–water partition coefficient (Wildman–Crippen LogP) is 3.66. The molecule has 1 saturated heterocycles. The smallest absolute Gasteiger partial charge is 0.264 e. The predicted molar refractivity (Wildman–Crippen MR) is 107 cm³/mol. The van der Waals surface area contributed by atoms with E-state index in [1.165, 1.54) is 5.69 Å². The second kappa shape index (κ2) is 8.59. The van der Waals surface area contributed by atoms with Crippen molar-refractivity contribution in [3.05, 3.63) is 65.7 Å². The van der Waals surface area contributed by atoms with Gasteiger partial charge in [-0.2, -0.15) is 5.26 Å². The van der Waals surface area contributed by atoms with Crippen molar-refractivity contribution >= 4 is 29.4 Å². The summed E-state index contributed by atoms with van der Waals surface area (Å²) in [4.78, 5) is 17.9. The maximum Gasteiger partial charge on any atom is 0.264 e. The monoisotopic (exact) mass is 363 g/mol. The number of hydrogen-bond acceptors (Lipinski definition) is 4. The number of para-hydroxylation sites is 1. The van der Waals surface area contributed by atoms with Crippen LogP contribution in [0.3, 0.4) is 0 Å². The number of benzene rings is 2. The molecule has 0 unspecified atom stereocenters. The van der Waals surface area contributed by atoms with Gasteiger partial charge in [0.05, 0.1) is 0 Å². The van der Waals surface area contributed by atoms with Crippen molar-refractivity contribution in [3.8, 4) is 6.07 Å². The molecule has 1 fully saturated rings. The molecule has 0 atom stereocenters. The second-order valence-corrected chi connectivity index (χ2v) is 6.94. The molecule has 1 heterocycles. The molecule has 0 spiro atoms. The number of anilines is 1. The molecular weight excluding hydrogens is 342 g/mol. The Morgan fingerprint density at radius 2 is 1.69 bits per heavy atom. The van der Waals surface area contributed by atoms with Crippen LogP contribution in [0.5, 0.6) is 0 Å². The SMILES string of the molecule is CSc1ccc(/C=C(\C#N)C(=O)N2CCN(c3ccccc3)CC2)cc1. The molecule has 1 aliphatic rings. The van der Waals surface area contributed by atoms with Crippen molar-refractivity contribution in [2.45, 2.75) is 4.90 Å². The fourth-order valence-electron chi connectivity index (χ4n) is 2.99. The van der Waals surface area contributed by atoms with Gasteiger partial charge in [-0.1, -0.05) is 30.3 Å². The van der Waals surface area contributed by atoms with E-state index < -0.39 is 0 Å². The average Bonchev–Trinajstić information content (AvgIpc) is 2.72. The zero-order valence-electron chi connectivity index (χ0n) is 14.8. The first-order valence-corrected chi connectivity index (χ1v) is 9.79. The van der Waals surface area contributed by atoms with Crippen LogP contribution >= 0.6 is 11.8 Å². The van der Waals surface area contributed by atoms with E-state index in [1.54, 1.807) is 22.7 Å². The average molecular weight is 363 g/mol. The Kier molecular flexibility index (Phi) is 5.98. The summed E-state index contributed by atoms with van der Waals surface area (Å²) in [5, 5.41) is 9.44. The lowest BCUT2D eigenvalue weighted by Gasteiger charge is -2.36. The number of carbonyl (C=O) groups is 1. The third-order valence-electron chi connectivity index (χ3n) is 4.47. The Bertz CT molecular complexity index is 817. The highest BCUT2D eigenvalue weighted by Gasteiger charge is 2.23. The Morgan fingerprint density at radius 1 is 1.04 bits per heavy atom. The number of nitrogens with zero attached hydrogens (tertiary/aromatic N) is 3. The van der Waals surface area contributed by atoms with E-state index in [4.69, 9.17) is 0 Å². The highest BCUT2D eigenvalue weighted by Crippen LogP contribution is 2.19. The molecule has 4 nitrogen and oxygen atoms in total. The van der Waals surface area contributed by atoms with Crippen molar-refractivity contribution in [1.29, 1.82) is 5.26 Å². The quantitative estimate of drug-likeness (QED) is 0.472. The molecule has 26 heavy (non-hydrogen) atoms. The van der Waals surface area contributed by atoms with E-state index in [2.05, 4.69) is 23.1 Å². The van der Waals surface area contributed by atoms with Crippen LogP contribution in [-0.4, -0.2) is 43.2 Å². The number of carbonyl (C=O) groups excluding carboxylic acids is 1. The standard InChI is InChI=1S/C21H21N3OS/c1-26-20-9-7-17(8-10-20)15-18(16-22)21(25)24-13-11-23(12-14-24)19-5-3-2-4-6-19/h2-10,15H,11-14H2,1H3/b18-15+. The van der Waals surface area contributed by atoms with Crippen LogP contribution in [0.15, 0.2) is 65.1 Å². The molecule has 0 aliphatic carbocycles. The molecule has 1 amide bonds. The Balaban J connectivity index is 1.66. The van der Waals surface area contributed by atoms with E-state index in [9.17, 15) is 10.1 Å². The normalized spacial score (nSPS) is 14.8. The maximum absolute atomic E-state index is 12.7. The first kappa shape index (κ1) is 18.1. The zero-order chi connectivity index (χ0) is 18.4. The van der Waals surface area contributed by atoms with Crippen molar-refractivity contribution in [3.63, 3.8) is 0 Å². The minimum atomic E-state index is -0.186. The molecular formula is C21H21N3OS. The summed E-state index contributed by atoms with van der Waals surface area (Å²) in [5.41, 5.74) is 2.23. The van der Waals surface area contributed by atoms with Gasteiger partial charge in [0, 0.05) is 36.8 Å². The molecule has 2 aromatic rings. The summed E-state index contributed by atoms with van der Waals surface area (Å²) < 4.78 is 0. The van der Waals surface area contributed by atoms with E-state index >= 15 is 0 Å². The van der Waals surface area contributed by atoms with Crippen molar-refractivity contribution in [2.24, 2.45) is 0 Å². The second-order valence-electron chi connectivity index (χ2n) is 6.06. The van der Waals surface area contributed by atoms with Gasteiger partial charge >= 0.3 is 0 Å². The van der Waals surface area contributed by atoms with Crippen LogP contribution in [0.25, 0.3) is 6.08 Å². The molecule has 0 N–H and O–H groups in total. The summed E-state index contributed by atoms with van der Waals surface area (Å²) in [6.07, 6.45) is 3.69. The zero-order valence-corrected chi connectivity index (χ0v) is 15.6. The molecule has 0 bridgehead atoms. The van der Waals surface area contributed by atoms with Gasteiger partial charge in [-0.3, -0.25) is 4.79 Å². The third-order valence-corrected chi connectivity index (χ3v) is 5.21. The van der Waals surface area contributed by atoms with Gasteiger partial charge < -0.3 is 9.80 Å². The largest absolute Gasteiger partial charge is 0.368 e. The fourth-order valence-corrected chi connectivity index (χ4v) is 3.39. The number of amides is 1. The summed E-state index contributed by atoms with van der Waals surface area (Å²) in [6, 6.07) is 20.1. The van der Waals surface area contributed by atoms with E-state index in [1.807, 2.05) is 48.7 Å². The number of nitriles is 1. The maximum atomic E-state index is 12.7. The summed E-state index contributed by atoms with van der Waals surface area (Å²) in [6.45, 7) is 2.80. The third kappa shape index (κ3) is 4.27. The van der Waals surface area contributed by atoms with Crippen LogP contribution in [0.4, 0.5) is 5.69 Å². The van der Waals surface area contributed by atoms with E-state index in [0.29, 0.717) is 13.1 Å². The lowest BCUT2D eigenvalue weighted by atomic mass is 10.1. The number of rotatable bonds is 4. The first-order valence-electron chi connectivity index (χ1n) is 8.56. The van der Waals surface area contributed by atoms with Crippen LogP contribution in [0, 0.1) is 11.3 Å². The molecule has 132 valence electrons. The van der Waals surface area contributed by atoms with E-state index in [-0.39, 0.29) is 11.5 Å². The van der Waals surface area contributed by atoms with Crippen molar-refractivity contribution in [2.75, 3.05) is 37.3 Å². The lowest BCUT2D eigenvalue weighted by molar-refractivity contribution is -0.126. The Hall–Kier alpha value is -2.71. The molecule has 0 radical (unpaired) electrons. The highest BCUT2D eigenvalue weighted by atomic mass is 32.2. The molecule has 3 rings (SSSR count). The van der Waals surface area contributed by atoms with Gasteiger partial charge in [-0.15, -0.1) is 11.8 Å². The molecule has 2 aromatic carbocycles. The van der Waals surface area contributed by atoms with Crippen molar-refractivity contribution in [1.82, 2.24) is 4.90 Å². The molecule has 1 aliphatic heterocycles. The summed E-state index contributed by atoms with van der Waals surface area (Å²) in [5.74, 6) is -0.186. The minimum Gasteiger partial charge on any atom is -0.368 e. The van der Waals surface area contributed by atoms with Gasteiger partial charge in [-0.25, -0.2) is 0 Å². The lowest BCUT2D eigenvalue weighted by Crippen LogP contribution is -2.49. The first-order chi connectivity index (χ1) is 12.7. The fraction of sp³-hybridized carbons (Fsp3) is 0.238. The van der Waals surface area contributed by atoms with Crippen LogP contribution < -0.4 is 4.90 Å². The highest BCUT2D eigenvalue weighted by molar-refractivity contribution is 7.98. The van der Waals surface area contributed by atoms with Gasteiger partial charge in [0.15, 0.2) is 0 Å². The van der Waals surface area contributed by atoms with Gasteiger partial charge in [0.2, 0.25) is 0 Å². The van der Waals surface area contributed by atoms with Gasteiger partial charge in [0.25, 0.3) is 5.91 Å². The summed E-state index contributed by atoms with van der Waals surface area (Å²) >= 11 is 1.66.